The van der Waals surface area contributed by atoms with Crippen molar-refractivity contribution in [2.75, 3.05) is 5.32 Å². The molecule has 1 aliphatic carbocycles. The minimum Gasteiger partial charge on any atom is -0.508 e. The minimum atomic E-state index is -0.225. The van der Waals surface area contributed by atoms with Crippen LogP contribution in [0, 0.1) is 5.41 Å². The third-order valence-electron chi connectivity index (χ3n) is 4.69. The van der Waals surface area contributed by atoms with E-state index in [1.807, 2.05) is 25.2 Å². The van der Waals surface area contributed by atoms with Gasteiger partial charge in [0.2, 0.25) is 5.91 Å². The van der Waals surface area contributed by atoms with Gasteiger partial charge in [0.15, 0.2) is 0 Å². The quantitative estimate of drug-likeness (QED) is 0.893. The van der Waals surface area contributed by atoms with E-state index in [2.05, 4.69) is 31.2 Å². The summed E-state index contributed by atoms with van der Waals surface area (Å²) in [7, 11) is 1.85. The van der Waals surface area contributed by atoms with Crippen LogP contribution in [0.4, 0.5) is 5.82 Å². The van der Waals surface area contributed by atoms with E-state index in [-0.39, 0.29) is 17.2 Å². The second-order valence-electron chi connectivity index (χ2n) is 8.16. The van der Waals surface area contributed by atoms with Gasteiger partial charge >= 0.3 is 0 Å². The molecule has 0 saturated carbocycles. The predicted octanol–water partition coefficient (Wildman–Crippen LogP) is 3.77. The summed E-state index contributed by atoms with van der Waals surface area (Å²) in [6.45, 7) is 6.52. The Morgan fingerprint density at radius 3 is 2.88 bits per heavy atom. The highest BCUT2D eigenvalue weighted by Gasteiger charge is 2.28. The topological polar surface area (TPSA) is 67.2 Å². The summed E-state index contributed by atoms with van der Waals surface area (Å²) in [6, 6.07) is 7.41. The number of aromatic nitrogens is 2. The number of rotatable bonds is 3. The zero-order chi connectivity index (χ0) is 18.2. The Morgan fingerprint density at radius 1 is 1.40 bits per heavy atom. The number of nitrogens with zero attached hydrogens (tertiary/aromatic N) is 2. The molecule has 1 atom stereocenters. The number of fused-ring (bicyclic) bond motifs is 1. The van der Waals surface area contributed by atoms with E-state index in [9.17, 15) is 9.90 Å². The molecule has 0 radical (unpaired) electrons. The number of phenolic OH excluding ortho intramolecular Hbond substituents is 1. The van der Waals surface area contributed by atoms with E-state index in [0.29, 0.717) is 5.75 Å². The molecule has 0 spiro atoms. The van der Waals surface area contributed by atoms with E-state index in [1.54, 1.807) is 10.7 Å². The summed E-state index contributed by atoms with van der Waals surface area (Å²) >= 11 is 0. The average Bonchev–Trinajstić information content (AvgIpc) is 2.84. The van der Waals surface area contributed by atoms with Gasteiger partial charge in [0.05, 0.1) is 11.6 Å². The summed E-state index contributed by atoms with van der Waals surface area (Å²) in [5.74, 6) is 0.758. The van der Waals surface area contributed by atoms with Gasteiger partial charge in [0.25, 0.3) is 0 Å². The van der Waals surface area contributed by atoms with Crippen molar-refractivity contribution < 1.29 is 9.90 Å². The molecule has 1 heterocycles. The number of hydrogen-bond donors (Lipinski definition) is 2. The molecule has 1 unspecified atom stereocenters. The molecule has 2 N–H and O–H groups in total. The zero-order valence-corrected chi connectivity index (χ0v) is 15.5. The first-order valence-electron chi connectivity index (χ1n) is 8.89. The van der Waals surface area contributed by atoms with Crippen molar-refractivity contribution in [2.45, 2.75) is 52.4 Å². The summed E-state index contributed by atoms with van der Waals surface area (Å²) < 4.78 is 1.73. The van der Waals surface area contributed by atoms with E-state index >= 15 is 0 Å². The molecule has 0 bridgehead atoms. The number of anilines is 1. The number of amides is 1. The molecule has 0 aliphatic heterocycles. The van der Waals surface area contributed by atoms with Crippen molar-refractivity contribution in [3.63, 3.8) is 0 Å². The molecular weight excluding hydrogens is 314 g/mol. The SMILES string of the molecule is Cn1nc(CC(C)(C)C)cc1NC(=O)C1CCCc2c(O)cccc21. The minimum absolute atomic E-state index is 0.0307. The Hall–Kier alpha value is -2.30. The van der Waals surface area contributed by atoms with Gasteiger partial charge in [-0.1, -0.05) is 32.9 Å². The van der Waals surface area contributed by atoms with Crippen molar-refractivity contribution in [3.8, 4) is 5.75 Å². The monoisotopic (exact) mass is 341 g/mol. The predicted molar refractivity (Wildman–Crippen MR) is 98.8 cm³/mol. The van der Waals surface area contributed by atoms with Crippen molar-refractivity contribution in [1.82, 2.24) is 9.78 Å². The second-order valence-corrected chi connectivity index (χ2v) is 8.16. The third-order valence-corrected chi connectivity index (χ3v) is 4.69. The molecule has 1 aromatic heterocycles. The molecule has 3 rings (SSSR count). The molecular formula is C20H27N3O2. The second kappa shape index (κ2) is 6.54. The summed E-state index contributed by atoms with van der Waals surface area (Å²) in [5, 5.41) is 17.6. The fourth-order valence-corrected chi connectivity index (χ4v) is 3.59. The maximum absolute atomic E-state index is 12.9. The first-order valence-corrected chi connectivity index (χ1v) is 8.89. The van der Waals surface area contributed by atoms with Crippen LogP contribution in [0.1, 0.15) is 56.4 Å². The van der Waals surface area contributed by atoms with E-state index in [0.717, 1.165) is 48.3 Å². The summed E-state index contributed by atoms with van der Waals surface area (Å²) in [6.07, 6.45) is 3.39. The van der Waals surface area contributed by atoms with Gasteiger partial charge in [0.1, 0.15) is 11.6 Å². The van der Waals surface area contributed by atoms with Gasteiger partial charge < -0.3 is 10.4 Å². The van der Waals surface area contributed by atoms with Gasteiger partial charge in [-0.3, -0.25) is 9.48 Å². The van der Waals surface area contributed by atoms with Crippen LogP contribution in [-0.4, -0.2) is 20.8 Å². The molecule has 2 aromatic rings. The van der Waals surface area contributed by atoms with Gasteiger partial charge in [-0.05, 0) is 48.3 Å². The fraction of sp³-hybridized carbons (Fsp3) is 0.500. The molecule has 1 aromatic carbocycles. The fourth-order valence-electron chi connectivity index (χ4n) is 3.59. The Morgan fingerprint density at radius 2 is 2.16 bits per heavy atom. The third kappa shape index (κ3) is 3.86. The molecule has 5 heteroatoms. The van der Waals surface area contributed by atoms with E-state index in [4.69, 9.17) is 0 Å². The maximum Gasteiger partial charge on any atom is 0.233 e. The van der Waals surface area contributed by atoms with Crippen molar-refractivity contribution in [3.05, 3.63) is 41.1 Å². The first kappa shape index (κ1) is 17.5. The average molecular weight is 341 g/mol. The number of phenols is 1. The molecule has 1 aliphatic rings. The van der Waals surface area contributed by atoms with Crippen LogP contribution >= 0.6 is 0 Å². The van der Waals surface area contributed by atoms with Crippen LogP contribution in [-0.2, 0) is 24.7 Å². The van der Waals surface area contributed by atoms with Crippen molar-refractivity contribution in [1.29, 1.82) is 0 Å². The number of carbonyl (C=O) groups is 1. The van der Waals surface area contributed by atoms with E-state index in [1.165, 1.54) is 0 Å². The van der Waals surface area contributed by atoms with Gasteiger partial charge in [-0.15, -0.1) is 0 Å². The number of nitrogens with one attached hydrogen (secondary N) is 1. The number of aromatic hydroxyl groups is 1. The van der Waals surface area contributed by atoms with Crippen molar-refractivity contribution in [2.24, 2.45) is 12.5 Å². The normalized spacial score (nSPS) is 17.2. The number of hydrogen-bond acceptors (Lipinski definition) is 3. The molecule has 0 saturated heterocycles. The Bertz CT molecular complexity index is 787. The molecule has 134 valence electrons. The first-order chi connectivity index (χ1) is 11.7. The lowest BCUT2D eigenvalue weighted by molar-refractivity contribution is -0.117. The van der Waals surface area contributed by atoms with Crippen LogP contribution in [0.15, 0.2) is 24.3 Å². The lowest BCUT2D eigenvalue weighted by Crippen LogP contribution is -2.25. The molecule has 1 amide bonds. The van der Waals surface area contributed by atoms with Crippen LogP contribution in [0.5, 0.6) is 5.75 Å². The Labute approximate surface area is 149 Å². The van der Waals surface area contributed by atoms with Crippen LogP contribution in [0.2, 0.25) is 0 Å². The van der Waals surface area contributed by atoms with Gasteiger partial charge in [-0.2, -0.15) is 5.10 Å². The Kier molecular flexibility index (Phi) is 4.58. The molecule has 5 nitrogen and oxygen atoms in total. The smallest absolute Gasteiger partial charge is 0.233 e. The van der Waals surface area contributed by atoms with Gasteiger partial charge in [-0.25, -0.2) is 0 Å². The van der Waals surface area contributed by atoms with E-state index < -0.39 is 0 Å². The lowest BCUT2D eigenvalue weighted by Gasteiger charge is -2.25. The highest BCUT2D eigenvalue weighted by Crippen LogP contribution is 2.36. The summed E-state index contributed by atoms with van der Waals surface area (Å²) in [4.78, 5) is 12.9. The van der Waals surface area contributed by atoms with Gasteiger partial charge in [0, 0.05) is 13.1 Å². The van der Waals surface area contributed by atoms with Crippen LogP contribution < -0.4 is 5.32 Å². The highest BCUT2D eigenvalue weighted by molar-refractivity contribution is 5.95. The maximum atomic E-state index is 12.9. The Balaban J connectivity index is 1.79. The number of benzene rings is 1. The summed E-state index contributed by atoms with van der Waals surface area (Å²) in [5.41, 5.74) is 2.98. The van der Waals surface area contributed by atoms with Crippen LogP contribution in [0.25, 0.3) is 0 Å². The molecule has 0 fully saturated rings. The molecule has 25 heavy (non-hydrogen) atoms. The highest BCUT2D eigenvalue weighted by atomic mass is 16.3. The van der Waals surface area contributed by atoms with Crippen molar-refractivity contribution >= 4 is 11.7 Å². The largest absolute Gasteiger partial charge is 0.508 e. The lowest BCUT2D eigenvalue weighted by atomic mass is 9.82. The van der Waals surface area contributed by atoms with Crippen LogP contribution in [0.3, 0.4) is 0 Å². The standard InChI is InChI=1S/C20H27N3O2/c1-20(2,3)12-13-11-18(23(4)22-13)21-19(25)16-9-5-8-15-14(16)7-6-10-17(15)24/h6-7,10-11,16,24H,5,8-9,12H2,1-4H3,(H,21,25). The number of aryl methyl sites for hydroxylation is 1. The number of carbonyl (C=O) groups excluding carboxylic acids is 1. The zero-order valence-electron chi connectivity index (χ0n) is 15.5.